The average Bonchev–Trinajstić information content (AvgIpc) is 2.55. The Morgan fingerprint density at radius 1 is 1.36 bits per heavy atom. The second-order valence-electron chi connectivity index (χ2n) is 2.26. The molecule has 0 aliphatic rings. The van der Waals surface area contributed by atoms with Gasteiger partial charge < -0.3 is 4.52 Å². The Hall–Kier alpha value is -1.58. The normalized spacial score (nSPS) is 10.3. The molecule has 11 heavy (non-hydrogen) atoms. The van der Waals surface area contributed by atoms with Crippen LogP contribution in [0.15, 0.2) is 29.1 Å². The molecule has 0 saturated carbocycles. The fraction of sp³-hybridized carbons (Fsp3) is 0.143. The lowest BCUT2D eigenvalue weighted by Gasteiger charge is -1.84. The number of hydrogen-bond donors (Lipinski definition) is 0. The summed E-state index contributed by atoms with van der Waals surface area (Å²) in [6, 6.07) is 3.67. The fourth-order valence-electron chi connectivity index (χ4n) is 0.896. The van der Waals surface area contributed by atoms with Crippen LogP contribution in [-0.4, -0.2) is 14.9 Å². The molecule has 0 amide bonds. The molecule has 2 aromatic heterocycles. The summed E-state index contributed by atoms with van der Waals surface area (Å²) in [6.07, 6.45) is 3.40. The van der Waals surface area contributed by atoms with E-state index < -0.39 is 0 Å². The van der Waals surface area contributed by atoms with Crippen molar-refractivity contribution in [3.05, 3.63) is 24.6 Å². The minimum Gasteiger partial charge on any atom is -0.364 e. The van der Waals surface area contributed by atoms with Crippen molar-refractivity contribution < 1.29 is 4.52 Å². The molecule has 0 aromatic carbocycles. The third kappa shape index (κ3) is 1.02. The Morgan fingerprint density at radius 3 is 2.82 bits per heavy atom. The van der Waals surface area contributed by atoms with Crippen LogP contribution in [0.3, 0.4) is 0 Å². The number of hydrogen-bond acceptors (Lipinski definition) is 3. The second-order valence-corrected chi connectivity index (χ2v) is 2.26. The maximum atomic E-state index is 4.68. The monoisotopic (exact) mass is 149 g/mol. The number of aromatic nitrogens is 3. The van der Waals surface area contributed by atoms with Gasteiger partial charge in [-0.15, -0.1) is 0 Å². The van der Waals surface area contributed by atoms with E-state index in [0.717, 1.165) is 11.4 Å². The first kappa shape index (κ1) is 6.15. The Morgan fingerprint density at radius 2 is 2.27 bits per heavy atom. The predicted octanol–water partition coefficient (Wildman–Crippen LogP) is 1.08. The van der Waals surface area contributed by atoms with Gasteiger partial charge in [-0.25, -0.2) is 0 Å². The summed E-state index contributed by atoms with van der Waals surface area (Å²) in [4.78, 5) is 0. The van der Waals surface area contributed by atoms with Crippen molar-refractivity contribution in [1.82, 2.24) is 14.9 Å². The quantitative estimate of drug-likeness (QED) is 0.609. The standard InChI is InChI=1S/C7H7N3O/c1-10-4-2-6(8-10)7-3-5-11-9-7/h2-5H,1H3. The topological polar surface area (TPSA) is 43.9 Å². The van der Waals surface area contributed by atoms with Crippen molar-refractivity contribution in [2.24, 2.45) is 7.05 Å². The summed E-state index contributed by atoms with van der Waals surface area (Å²) in [5.41, 5.74) is 1.60. The largest absolute Gasteiger partial charge is 0.364 e. The van der Waals surface area contributed by atoms with Crippen molar-refractivity contribution in [3.63, 3.8) is 0 Å². The van der Waals surface area contributed by atoms with Gasteiger partial charge in [-0.3, -0.25) is 4.68 Å². The van der Waals surface area contributed by atoms with E-state index in [4.69, 9.17) is 0 Å². The van der Waals surface area contributed by atoms with Gasteiger partial charge in [-0.05, 0) is 6.07 Å². The lowest BCUT2D eigenvalue weighted by Crippen LogP contribution is -1.87. The Bertz CT molecular complexity index is 336. The predicted molar refractivity (Wildman–Crippen MR) is 38.7 cm³/mol. The van der Waals surface area contributed by atoms with Crippen LogP contribution in [0, 0.1) is 0 Å². The molecule has 0 fully saturated rings. The van der Waals surface area contributed by atoms with Crippen molar-refractivity contribution in [2.45, 2.75) is 0 Å². The maximum Gasteiger partial charge on any atom is 0.134 e. The van der Waals surface area contributed by atoms with Gasteiger partial charge in [0.05, 0.1) is 0 Å². The van der Waals surface area contributed by atoms with E-state index in [9.17, 15) is 0 Å². The summed E-state index contributed by atoms with van der Waals surface area (Å²) >= 11 is 0. The smallest absolute Gasteiger partial charge is 0.134 e. The molecule has 2 heterocycles. The molecule has 4 heteroatoms. The third-order valence-corrected chi connectivity index (χ3v) is 1.41. The number of rotatable bonds is 1. The van der Waals surface area contributed by atoms with Crippen molar-refractivity contribution in [2.75, 3.05) is 0 Å². The maximum absolute atomic E-state index is 4.68. The van der Waals surface area contributed by atoms with Crippen LogP contribution in [0.5, 0.6) is 0 Å². The Balaban J connectivity index is 2.45. The molecule has 0 saturated heterocycles. The SMILES string of the molecule is Cn1ccc(-c2ccon2)n1. The van der Waals surface area contributed by atoms with Crippen LogP contribution in [0.25, 0.3) is 11.4 Å². The van der Waals surface area contributed by atoms with E-state index in [2.05, 4.69) is 14.8 Å². The van der Waals surface area contributed by atoms with Gasteiger partial charge in [0.15, 0.2) is 0 Å². The van der Waals surface area contributed by atoms with Gasteiger partial charge in [-0.2, -0.15) is 5.10 Å². The molecule has 0 aliphatic carbocycles. The van der Waals surface area contributed by atoms with Crippen LogP contribution in [0.4, 0.5) is 0 Å². The van der Waals surface area contributed by atoms with Gasteiger partial charge in [0.25, 0.3) is 0 Å². The Labute approximate surface area is 63.4 Å². The highest BCUT2D eigenvalue weighted by atomic mass is 16.5. The molecule has 0 spiro atoms. The molecular weight excluding hydrogens is 142 g/mol. The van der Waals surface area contributed by atoms with E-state index in [1.165, 1.54) is 6.26 Å². The first-order valence-electron chi connectivity index (χ1n) is 3.26. The lowest BCUT2D eigenvalue weighted by atomic mass is 10.3. The molecule has 0 bridgehead atoms. The van der Waals surface area contributed by atoms with E-state index >= 15 is 0 Å². The van der Waals surface area contributed by atoms with Gasteiger partial charge in [0, 0.05) is 19.3 Å². The summed E-state index contributed by atoms with van der Waals surface area (Å²) < 4.78 is 6.41. The Kier molecular flexibility index (Phi) is 1.25. The highest BCUT2D eigenvalue weighted by Gasteiger charge is 2.02. The van der Waals surface area contributed by atoms with E-state index in [-0.39, 0.29) is 0 Å². The second kappa shape index (κ2) is 2.23. The van der Waals surface area contributed by atoms with Crippen molar-refractivity contribution in [1.29, 1.82) is 0 Å². The van der Waals surface area contributed by atoms with Gasteiger partial charge >= 0.3 is 0 Å². The number of aryl methyl sites for hydroxylation is 1. The molecular formula is C7H7N3O. The van der Waals surface area contributed by atoms with Gasteiger partial charge in [0.1, 0.15) is 17.7 Å². The summed E-state index contributed by atoms with van der Waals surface area (Å²) in [7, 11) is 1.86. The first-order valence-corrected chi connectivity index (χ1v) is 3.26. The minimum absolute atomic E-state index is 0.769. The van der Waals surface area contributed by atoms with Crippen LogP contribution in [0.2, 0.25) is 0 Å². The molecule has 0 aliphatic heterocycles. The molecule has 56 valence electrons. The molecule has 2 aromatic rings. The average molecular weight is 149 g/mol. The van der Waals surface area contributed by atoms with Crippen molar-refractivity contribution >= 4 is 0 Å². The molecule has 0 unspecified atom stereocenters. The summed E-state index contributed by atoms with van der Waals surface area (Å²) in [5, 5.41) is 7.90. The zero-order valence-corrected chi connectivity index (χ0v) is 6.06. The van der Waals surface area contributed by atoms with E-state index in [1.54, 1.807) is 10.7 Å². The highest BCUT2D eigenvalue weighted by molar-refractivity contribution is 5.51. The highest BCUT2D eigenvalue weighted by Crippen LogP contribution is 2.12. The molecule has 4 nitrogen and oxygen atoms in total. The zero-order valence-electron chi connectivity index (χ0n) is 6.06. The van der Waals surface area contributed by atoms with Gasteiger partial charge in [-0.1, -0.05) is 5.16 Å². The third-order valence-electron chi connectivity index (χ3n) is 1.41. The lowest BCUT2D eigenvalue weighted by molar-refractivity contribution is 0.422. The molecule has 0 atom stereocenters. The van der Waals surface area contributed by atoms with Crippen LogP contribution in [-0.2, 0) is 7.05 Å². The zero-order chi connectivity index (χ0) is 7.68. The molecule has 2 rings (SSSR count). The summed E-state index contributed by atoms with van der Waals surface area (Å²) in [6.45, 7) is 0. The van der Waals surface area contributed by atoms with E-state index in [1.807, 2.05) is 19.3 Å². The fourth-order valence-corrected chi connectivity index (χ4v) is 0.896. The molecule has 0 radical (unpaired) electrons. The number of nitrogens with zero attached hydrogens (tertiary/aromatic N) is 3. The van der Waals surface area contributed by atoms with Crippen LogP contribution >= 0.6 is 0 Å². The van der Waals surface area contributed by atoms with Crippen molar-refractivity contribution in [3.8, 4) is 11.4 Å². The minimum atomic E-state index is 0.769. The first-order chi connectivity index (χ1) is 5.36. The summed E-state index contributed by atoms with van der Waals surface area (Å²) in [5.74, 6) is 0. The van der Waals surface area contributed by atoms with E-state index in [0.29, 0.717) is 0 Å². The van der Waals surface area contributed by atoms with Crippen LogP contribution in [0.1, 0.15) is 0 Å². The van der Waals surface area contributed by atoms with Crippen LogP contribution < -0.4 is 0 Å². The molecule has 0 N–H and O–H groups in total. The van der Waals surface area contributed by atoms with Gasteiger partial charge in [0.2, 0.25) is 0 Å².